The fourth-order valence-electron chi connectivity index (χ4n) is 4.30. The number of anilines is 1. The standard InChI is InChI=1S/C27H26FN5O3/c1-32-12-4-9-23(32)26(35)30-20-10-11-21(25(34)14-20)22-15-24(18-6-3-7-18)33(31-22)27(36)29-16-17-5-2-8-19(28)13-17/h2,4-5,8-15,18,34H,3,6-7,16H2,1H3,(H,29,36)(H,30,35). The second-order valence-electron chi connectivity index (χ2n) is 8.97. The van der Waals surface area contributed by atoms with Crippen molar-refractivity contribution in [2.45, 2.75) is 31.7 Å². The van der Waals surface area contributed by atoms with E-state index in [1.807, 2.05) is 6.07 Å². The maximum atomic E-state index is 13.5. The predicted octanol–water partition coefficient (Wildman–Crippen LogP) is 5.01. The maximum Gasteiger partial charge on any atom is 0.342 e. The average molecular weight is 488 g/mol. The van der Waals surface area contributed by atoms with Crippen LogP contribution in [0, 0.1) is 5.82 Å². The van der Waals surface area contributed by atoms with Gasteiger partial charge in [-0.3, -0.25) is 4.79 Å². The van der Waals surface area contributed by atoms with E-state index in [9.17, 15) is 19.1 Å². The molecule has 8 nitrogen and oxygen atoms in total. The molecule has 0 radical (unpaired) electrons. The third-order valence-electron chi connectivity index (χ3n) is 6.49. The molecule has 9 heteroatoms. The van der Waals surface area contributed by atoms with E-state index in [2.05, 4.69) is 15.7 Å². The fourth-order valence-corrected chi connectivity index (χ4v) is 4.30. The molecule has 3 N–H and O–H groups in total. The Morgan fingerprint density at radius 3 is 2.61 bits per heavy atom. The number of aryl methyl sites for hydroxylation is 1. The summed E-state index contributed by atoms with van der Waals surface area (Å²) >= 11 is 0. The number of phenolic OH excluding ortho intramolecular Hbond substituents is 1. The van der Waals surface area contributed by atoms with Gasteiger partial charge in [-0.2, -0.15) is 9.78 Å². The highest BCUT2D eigenvalue weighted by Gasteiger charge is 2.27. The lowest BCUT2D eigenvalue weighted by Gasteiger charge is -2.25. The Morgan fingerprint density at radius 1 is 1.11 bits per heavy atom. The SMILES string of the molecule is Cn1cccc1C(=O)Nc1ccc(-c2cc(C3CCC3)n(C(=O)NCc3cccc(F)c3)n2)c(O)c1. The first kappa shape index (κ1) is 23.3. The molecular weight excluding hydrogens is 461 g/mol. The van der Waals surface area contributed by atoms with E-state index in [-0.39, 0.29) is 29.9 Å². The molecular formula is C27H26FN5O3. The number of rotatable bonds is 6. The number of hydrogen-bond acceptors (Lipinski definition) is 4. The minimum Gasteiger partial charge on any atom is -0.507 e. The molecule has 2 amide bonds. The summed E-state index contributed by atoms with van der Waals surface area (Å²) in [6, 6.07) is 15.8. The Bertz CT molecular complexity index is 1440. The summed E-state index contributed by atoms with van der Waals surface area (Å²) in [6.07, 6.45) is 4.77. The van der Waals surface area contributed by atoms with Crippen molar-refractivity contribution in [1.29, 1.82) is 0 Å². The third kappa shape index (κ3) is 4.72. The zero-order valence-electron chi connectivity index (χ0n) is 19.7. The van der Waals surface area contributed by atoms with Gasteiger partial charge in [-0.15, -0.1) is 0 Å². The van der Waals surface area contributed by atoms with E-state index in [1.165, 1.54) is 22.9 Å². The molecule has 5 rings (SSSR count). The maximum absolute atomic E-state index is 13.5. The number of hydrogen-bond donors (Lipinski definition) is 3. The van der Waals surface area contributed by atoms with E-state index in [0.717, 1.165) is 25.0 Å². The Balaban J connectivity index is 1.37. The number of nitrogens with one attached hydrogen (secondary N) is 2. The van der Waals surface area contributed by atoms with Crippen LogP contribution in [0.3, 0.4) is 0 Å². The van der Waals surface area contributed by atoms with E-state index in [0.29, 0.717) is 28.2 Å². The van der Waals surface area contributed by atoms with Crippen molar-refractivity contribution in [2.24, 2.45) is 7.05 Å². The number of carbonyl (C=O) groups excluding carboxylic acids is 2. The fraction of sp³-hybridized carbons (Fsp3) is 0.222. The predicted molar refractivity (Wildman–Crippen MR) is 133 cm³/mol. The zero-order valence-corrected chi connectivity index (χ0v) is 19.7. The summed E-state index contributed by atoms with van der Waals surface area (Å²) in [4.78, 5) is 25.5. The molecule has 0 spiro atoms. The summed E-state index contributed by atoms with van der Waals surface area (Å²) in [7, 11) is 1.78. The topological polar surface area (TPSA) is 101 Å². The van der Waals surface area contributed by atoms with Crippen molar-refractivity contribution in [2.75, 3.05) is 5.32 Å². The number of benzene rings is 2. The van der Waals surface area contributed by atoms with Crippen LogP contribution >= 0.6 is 0 Å². The van der Waals surface area contributed by atoms with Crippen molar-refractivity contribution in [1.82, 2.24) is 19.7 Å². The van der Waals surface area contributed by atoms with Gasteiger partial charge in [0.25, 0.3) is 5.91 Å². The molecule has 2 heterocycles. The molecule has 0 aliphatic heterocycles. The molecule has 1 fully saturated rings. The van der Waals surface area contributed by atoms with Crippen molar-refractivity contribution in [3.05, 3.63) is 89.6 Å². The first-order valence-corrected chi connectivity index (χ1v) is 11.8. The summed E-state index contributed by atoms with van der Waals surface area (Å²) in [5.41, 5.74) is 3.25. The van der Waals surface area contributed by atoms with Gasteiger partial charge in [-0.25, -0.2) is 9.18 Å². The number of nitrogens with zero attached hydrogens (tertiary/aromatic N) is 3. The summed E-state index contributed by atoms with van der Waals surface area (Å²) in [5.74, 6) is -0.514. The smallest absolute Gasteiger partial charge is 0.342 e. The van der Waals surface area contributed by atoms with Gasteiger partial charge in [0.1, 0.15) is 17.3 Å². The number of aromatic hydroxyl groups is 1. The Morgan fingerprint density at radius 2 is 1.94 bits per heavy atom. The molecule has 4 aromatic rings. The van der Waals surface area contributed by atoms with E-state index < -0.39 is 6.03 Å². The Kier molecular flexibility index (Phi) is 6.28. The zero-order chi connectivity index (χ0) is 25.2. The highest BCUT2D eigenvalue weighted by Crippen LogP contribution is 2.39. The van der Waals surface area contributed by atoms with Gasteiger partial charge in [0.15, 0.2) is 0 Å². The van der Waals surface area contributed by atoms with Gasteiger partial charge in [0.05, 0.1) is 11.4 Å². The van der Waals surface area contributed by atoms with Gasteiger partial charge in [0.2, 0.25) is 0 Å². The van der Waals surface area contributed by atoms with Crippen molar-refractivity contribution in [3.63, 3.8) is 0 Å². The van der Waals surface area contributed by atoms with Crippen LogP contribution in [0.25, 0.3) is 11.3 Å². The van der Waals surface area contributed by atoms with E-state index in [1.54, 1.807) is 54.2 Å². The largest absolute Gasteiger partial charge is 0.507 e. The minimum atomic E-state index is -0.418. The molecule has 1 aliphatic carbocycles. The summed E-state index contributed by atoms with van der Waals surface area (Å²) in [6.45, 7) is 0.163. The lowest BCUT2D eigenvalue weighted by atomic mass is 9.82. The van der Waals surface area contributed by atoms with Gasteiger partial charge < -0.3 is 20.3 Å². The normalized spacial score (nSPS) is 13.3. The first-order valence-electron chi connectivity index (χ1n) is 11.8. The summed E-state index contributed by atoms with van der Waals surface area (Å²) in [5, 5.41) is 20.8. The van der Waals surface area contributed by atoms with Gasteiger partial charge in [-0.05, 0) is 60.9 Å². The van der Waals surface area contributed by atoms with E-state index in [4.69, 9.17) is 0 Å². The quantitative estimate of drug-likeness (QED) is 0.356. The highest BCUT2D eigenvalue weighted by atomic mass is 19.1. The molecule has 2 aromatic heterocycles. The molecule has 0 unspecified atom stereocenters. The number of amides is 2. The van der Waals surface area contributed by atoms with Gasteiger partial charge in [-0.1, -0.05) is 18.6 Å². The summed E-state index contributed by atoms with van der Waals surface area (Å²) < 4.78 is 16.5. The second kappa shape index (κ2) is 9.69. The van der Waals surface area contributed by atoms with Crippen LogP contribution in [0.2, 0.25) is 0 Å². The average Bonchev–Trinajstić information content (AvgIpc) is 3.43. The number of aromatic nitrogens is 3. The van der Waals surface area contributed by atoms with Crippen LogP contribution in [-0.4, -0.2) is 31.4 Å². The lowest BCUT2D eigenvalue weighted by molar-refractivity contribution is 0.101. The van der Waals surface area contributed by atoms with Crippen LogP contribution < -0.4 is 10.6 Å². The lowest BCUT2D eigenvalue weighted by Crippen LogP contribution is -2.31. The van der Waals surface area contributed by atoms with Crippen LogP contribution in [0.5, 0.6) is 5.75 Å². The Labute approximate surface area is 207 Å². The molecule has 2 aromatic carbocycles. The molecule has 184 valence electrons. The number of phenols is 1. The Hall–Kier alpha value is -4.40. The van der Waals surface area contributed by atoms with Crippen LogP contribution in [0.4, 0.5) is 14.9 Å². The minimum absolute atomic E-state index is 0.0651. The molecule has 0 atom stereocenters. The van der Waals surface area contributed by atoms with Crippen LogP contribution in [0.15, 0.2) is 66.9 Å². The second-order valence-corrected chi connectivity index (χ2v) is 8.97. The number of halogens is 1. The number of carbonyl (C=O) groups is 2. The molecule has 0 bridgehead atoms. The van der Waals surface area contributed by atoms with Crippen molar-refractivity contribution in [3.8, 4) is 17.0 Å². The van der Waals surface area contributed by atoms with Crippen LogP contribution in [0.1, 0.15) is 46.9 Å². The van der Waals surface area contributed by atoms with Gasteiger partial charge in [0, 0.05) is 43.0 Å². The molecule has 1 aliphatic rings. The van der Waals surface area contributed by atoms with Crippen molar-refractivity contribution >= 4 is 17.6 Å². The van der Waals surface area contributed by atoms with Crippen molar-refractivity contribution < 1.29 is 19.1 Å². The first-order chi connectivity index (χ1) is 17.4. The van der Waals surface area contributed by atoms with E-state index >= 15 is 0 Å². The molecule has 36 heavy (non-hydrogen) atoms. The van der Waals surface area contributed by atoms with Crippen LogP contribution in [-0.2, 0) is 13.6 Å². The molecule has 1 saturated carbocycles. The van der Waals surface area contributed by atoms with Gasteiger partial charge >= 0.3 is 6.03 Å². The third-order valence-corrected chi connectivity index (χ3v) is 6.49. The highest BCUT2D eigenvalue weighted by molar-refractivity contribution is 6.03. The monoisotopic (exact) mass is 487 g/mol. The molecule has 0 saturated heterocycles.